The minimum Gasteiger partial charge on any atom is -0.362 e. The Morgan fingerprint density at radius 3 is 2.73 bits per heavy atom. The summed E-state index contributed by atoms with van der Waals surface area (Å²) >= 11 is 4.99. The minimum atomic E-state index is -0.434. The average molecular weight is 522 g/mol. The molecule has 0 saturated carbocycles. The van der Waals surface area contributed by atoms with Crippen LogP contribution in [0.3, 0.4) is 0 Å². The van der Waals surface area contributed by atoms with Crippen LogP contribution in [-0.2, 0) is 9.59 Å². The van der Waals surface area contributed by atoms with Gasteiger partial charge in [0.1, 0.15) is 0 Å². The van der Waals surface area contributed by atoms with Crippen LogP contribution in [-0.4, -0.2) is 16.7 Å². The van der Waals surface area contributed by atoms with Crippen LogP contribution in [0.15, 0.2) is 75.5 Å². The zero-order chi connectivity index (χ0) is 23.3. The molecule has 5 rings (SSSR count). The van der Waals surface area contributed by atoms with E-state index in [0.717, 1.165) is 38.1 Å². The molecule has 1 aromatic heterocycles. The fourth-order valence-electron chi connectivity index (χ4n) is 4.85. The van der Waals surface area contributed by atoms with Gasteiger partial charge in [-0.3, -0.25) is 14.9 Å². The predicted octanol–water partition coefficient (Wildman–Crippen LogP) is 6.30. The van der Waals surface area contributed by atoms with E-state index >= 15 is 0 Å². The van der Waals surface area contributed by atoms with E-state index in [4.69, 9.17) is 0 Å². The summed E-state index contributed by atoms with van der Waals surface area (Å²) in [6.07, 6.45) is 1.23. The number of fused-ring (bicyclic) bond motifs is 1. The quantitative estimate of drug-likeness (QED) is 0.424. The molecule has 3 aromatic rings. The summed E-state index contributed by atoms with van der Waals surface area (Å²) in [6, 6.07) is 15.7. The van der Waals surface area contributed by atoms with Crippen LogP contribution < -0.4 is 10.6 Å². The van der Waals surface area contributed by atoms with Crippen molar-refractivity contribution in [2.24, 2.45) is 5.41 Å². The van der Waals surface area contributed by atoms with Gasteiger partial charge in [-0.15, -0.1) is 0 Å². The largest absolute Gasteiger partial charge is 0.362 e. The number of carbonyl (C=O) groups is 2. The maximum Gasteiger partial charge on any atom is 0.256 e. The Hall–Kier alpha value is -2.77. The Morgan fingerprint density at radius 1 is 1.18 bits per heavy atom. The predicted molar refractivity (Wildman–Crippen MR) is 136 cm³/mol. The van der Waals surface area contributed by atoms with Gasteiger partial charge in [-0.2, -0.15) is 0 Å². The Bertz CT molecular complexity index is 1340. The number of ketones is 1. The smallest absolute Gasteiger partial charge is 0.256 e. The van der Waals surface area contributed by atoms with E-state index in [9.17, 15) is 9.59 Å². The molecule has 2 N–H and O–H groups in total. The number of anilines is 1. The second kappa shape index (κ2) is 8.22. The number of nitrogens with zero attached hydrogens (tertiary/aromatic N) is 1. The number of nitrogens with one attached hydrogen (secondary N) is 2. The van der Waals surface area contributed by atoms with Crippen LogP contribution in [0.2, 0.25) is 0 Å². The molecule has 0 unspecified atom stereocenters. The maximum atomic E-state index is 13.6. The van der Waals surface area contributed by atoms with Gasteiger partial charge in [0.2, 0.25) is 0 Å². The monoisotopic (exact) mass is 521 g/mol. The lowest BCUT2D eigenvalue weighted by Gasteiger charge is -2.39. The zero-order valence-electron chi connectivity index (χ0n) is 18.7. The standard InChI is InChI=1S/C26H24BrN3O2S/c1-14-21(24(32)30-25-29-17-9-4-5-10-20(17)33-25)22(15-7-6-8-16(27)11-15)23-18(28-14)12-26(2,3)13-19(23)31/h4-11,22,28H,12-13H2,1-3H3,(H,29,30,32)/t22-/m0/s1. The number of allylic oxidation sites excluding steroid dienone is 3. The van der Waals surface area contributed by atoms with E-state index in [0.29, 0.717) is 22.7 Å². The molecule has 0 spiro atoms. The zero-order valence-corrected chi connectivity index (χ0v) is 21.1. The first kappa shape index (κ1) is 22.0. The highest BCUT2D eigenvalue weighted by atomic mass is 79.9. The first-order chi connectivity index (χ1) is 15.7. The molecule has 0 radical (unpaired) electrons. The Labute approximate surface area is 205 Å². The summed E-state index contributed by atoms with van der Waals surface area (Å²) in [4.78, 5) is 31.6. The Balaban J connectivity index is 1.58. The van der Waals surface area contributed by atoms with Crippen molar-refractivity contribution in [3.8, 4) is 0 Å². The number of benzene rings is 2. The number of halogens is 1. The van der Waals surface area contributed by atoms with Gasteiger partial charge in [0.05, 0.1) is 10.2 Å². The van der Waals surface area contributed by atoms with E-state index in [1.54, 1.807) is 0 Å². The van der Waals surface area contributed by atoms with Crippen LogP contribution in [0.1, 0.15) is 45.1 Å². The summed E-state index contributed by atoms with van der Waals surface area (Å²) in [5.74, 6) is -0.582. The van der Waals surface area contributed by atoms with Crippen molar-refractivity contribution in [1.82, 2.24) is 10.3 Å². The maximum absolute atomic E-state index is 13.6. The van der Waals surface area contributed by atoms with Gasteiger partial charge in [0.25, 0.3) is 5.91 Å². The van der Waals surface area contributed by atoms with Crippen molar-refractivity contribution in [3.63, 3.8) is 0 Å². The van der Waals surface area contributed by atoms with Gasteiger partial charge in [0, 0.05) is 39.4 Å². The van der Waals surface area contributed by atoms with Gasteiger partial charge in [-0.05, 0) is 48.6 Å². The van der Waals surface area contributed by atoms with Crippen molar-refractivity contribution >= 4 is 54.3 Å². The highest BCUT2D eigenvalue weighted by Gasteiger charge is 2.42. The van der Waals surface area contributed by atoms with E-state index in [1.165, 1.54) is 11.3 Å². The van der Waals surface area contributed by atoms with Crippen LogP contribution in [0.25, 0.3) is 10.2 Å². The van der Waals surface area contributed by atoms with Gasteiger partial charge in [-0.25, -0.2) is 4.98 Å². The fraction of sp³-hybridized carbons (Fsp3) is 0.269. The molecule has 1 amide bonds. The molecule has 1 atom stereocenters. The van der Waals surface area contributed by atoms with Crippen molar-refractivity contribution in [2.75, 3.05) is 5.32 Å². The minimum absolute atomic E-state index is 0.0940. The molecular weight excluding hydrogens is 498 g/mol. The number of dihydropyridines is 1. The first-order valence-electron chi connectivity index (χ1n) is 10.9. The highest BCUT2D eigenvalue weighted by Crippen LogP contribution is 2.47. The second-order valence-corrected chi connectivity index (χ2v) is 11.4. The molecule has 33 heavy (non-hydrogen) atoms. The van der Waals surface area contributed by atoms with Gasteiger partial charge >= 0.3 is 0 Å². The SMILES string of the molecule is CC1=C(C(=O)Nc2nc3ccccc3s2)[C@H](c2cccc(Br)c2)C2=C(CC(C)(C)CC2=O)N1. The molecule has 0 fully saturated rings. The highest BCUT2D eigenvalue weighted by molar-refractivity contribution is 9.10. The third kappa shape index (κ3) is 4.15. The fourth-order valence-corrected chi connectivity index (χ4v) is 6.12. The molecule has 0 saturated heterocycles. The van der Waals surface area contributed by atoms with Crippen molar-refractivity contribution in [3.05, 3.63) is 81.1 Å². The lowest BCUT2D eigenvalue weighted by molar-refractivity contribution is -0.118. The molecule has 2 aliphatic rings. The normalized spacial score (nSPS) is 20.0. The lowest BCUT2D eigenvalue weighted by Crippen LogP contribution is -2.39. The van der Waals surface area contributed by atoms with E-state index in [-0.39, 0.29) is 17.1 Å². The Kier molecular flexibility index (Phi) is 5.49. The van der Waals surface area contributed by atoms with Gasteiger partial charge < -0.3 is 5.32 Å². The summed E-state index contributed by atoms with van der Waals surface area (Å²) in [5.41, 5.74) is 4.60. The topological polar surface area (TPSA) is 71.1 Å². The van der Waals surface area contributed by atoms with Crippen LogP contribution >= 0.6 is 27.3 Å². The van der Waals surface area contributed by atoms with E-state index in [1.807, 2.05) is 55.5 Å². The molecule has 168 valence electrons. The number of hydrogen-bond donors (Lipinski definition) is 2. The van der Waals surface area contributed by atoms with Crippen molar-refractivity contribution in [1.29, 1.82) is 0 Å². The molecule has 0 bridgehead atoms. The number of Topliss-reactive ketones (excluding diaryl/α,β-unsaturated/α-hetero) is 1. The number of carbonyl (C=O) groups excluding carboxylic acids is 2. The molecular formula is C26H24BrN3O2S. The Morgan fingerprint density at radius 2 is 1.97 bits per heavy atom. The summed E-state index contributed by atoms with van der Waals surface area (Å²) in [7, 11) is 0. The summed E-state index contributed by atoms with van der Waals surface area (Å²) in [6.45, 7) is 6.13. The summed E-state index contributed by atoms with van der Waals surface area (Å²) < 4.78 is 1.92. The second-order valence-electron chi connectivity index (χ2n) is 9.43. The van der Waals surface area contributed by atoms with Crippen LogP contribution in [0.4, 0.5) is 5.13 Å². The van der Waals surface area contributed by atoms with Gasteiger partial charge in [-0.1, -0.05) is 65.4 Å². The molecule has 1 aliphatic heterocycles. The van der Waals surface area contributed by atoms with Crippen molar-refractivity contribution in [2.45, 2.75) is 39.5 Å². The molecule has 2 heterocycles. The van der Waals surface area contributed by atoms with Crippen LogP contribution in [0, 0.1) is 5.41 Å². The molecule has 5 nitrogen and oxygen atoms in total. The van der Waals surface area contributed by atoms with Crippen LogP contribution in [0.5, 0.6) is 0 Å². The lowest BCUT2D eigenvalue weighted by atomic mass is 9.68. The third-order valence-electron chi connectivity index (χ3n) is 6.18. The van der Waals surface area contributed by atoms with Gasteiger partial charge in [0.15, 0.2) is 10.9 Å². The van der Waals surface area contributed by atoms with Crippen molar-refractivity contribution < 1.29 is 9.59 Å². The first-order valence-corrected chi connectivity index (χ1v) is 12.5. The van der Waals surface area contributed by atoms with E-state index in [2.05, 4.69) is 45.4 Å². The number of aromatic nitrogens is 1. The number of hydrogen-bond acceptors (Lipinski definition) is 5. The van der Waals surface area contributed by atoms with E-state index < -0.39 is 5.92 Å². The molecule has 7 heteroatoms. The number of rotatable bonds is 3. The third-order valence-corrected chi connectivity index (χ3v) is 7.63. The molecule has 2 aromatic carbocycles. The number of para-hydroxylation sites is 1. The molecule has 1 aliphatic carbocycles. The summed E-state index contributed by atoms with van der Waals surface area (Å²) in [5, 5.41) is 6.95. The average Bonchev–Trinajstić information content (AvgIpc) is 3.13. The number of amides is 1. The number of thiazole rings is 1.